The molecule has 5 nitrogen and oxygen atoms in total. The highest BCUT2D eigenvalue weighted by Gasteiger charge is 2.26. The molecule has 23 heavy (non-hydrogen) atoms. The van der Waals surface area contributed by atoms with Gasteiger partial charge >= 0.3 is 0 Å². The van der Waals surface area contributed by atoms with Gasteiger partial charge in [-0.15, -0.1) is 0 Å². The van der Waals surface area contributed by atoms with Crippen molar-refractivity contribution in [1.29, 1.82) is 0 Å². The van der Waals surface area contributed by atoms with Gasteiger partial charge in [-0.05, 0) is 51.6 Å². The number of hydrogen-bond acceptors (Lipinski definition) is 3. The van der Waals surface area contributed by atoms with E-state index in [-0.39, 0.29) is 0 Å². The summed E-state index contributed by atoms with van der Waals surface area (Å²) in [5.74, 6) is 2.39. The third-order valence-corrected chi connectivity index (χ3v) is 6.87. The summed E-state index contributed by atoms with van der Waals surface area (Å²) in [6, 6.07) is 0.407. The van der Waals surface area contributed by atoms with Crippen LogP contribution in [0.2, 0.25) is 0 Å². The van der Waals surface area contributed by atoms with Gasteiger partial charge in [-0.25, -0.2) is 0 Å². The Balaban J connectivity index is 1.76. The smallest absolute Gasteiger partial charge is 0.191 e. The third-order valence-electron chi connectivity index (χ3n) is 5.13. The molecular formula is C17H34N4OS. The summed E-state index contributed by atoms with van der Waals surface area (Å²) in [4.78, 5) is 6.80. The number of nitrogens with zero attached hydrogens (tertiary/aromatic N) is 2. The SMILES string of the molecule is CCS(=O)C1CCCC(NC(=NC)NCC2CCCN(C)C2)C1. The number of likely N-dealkylation sites (tertiary alicyclic amines) is 1. The minimum atomic E-state index is -0.668. The van der Waals surface area contributed by atoms with E-state index in [4.69, 9.17) is 0 Å². The molecule has 6 heteroatoms. The van der Waals surface area contributed by atoms with Crippen molar-refractivity contribution in [3.05, 3.63) is 0 Å². The van der Waals surface area contributed by atoms with Crippen LogP contribution in [0.25, 0.3) is 0 Å². The number of guanidine groups is 1. The highest BCUT2D eigenvalue weighted by atomic mass is 32.2. The fourth-order valence-corrected chi connectivity index (χ4v) is 5.17. The van der Waals surface area contributed by atoms with Crippen molar-refractivity contribution >= 4 is 16.8 Å². The van der Waals surface area contributed by atoms with Gasteiger partial charge in [0.15, 0.2) is 5.96 Å². The van der Waals surface area contributed by atoms with Crippen LogP contribution >= 0.6 is 0 Å². The van der Waals surface area contributed by atoms with Crippen LogP contribution in [0.1, 0.15) is 45.4 Å². The molecule has 134 valence electrons. The Labute approximate surface area is 144 Å². The minimum Gasteiger partial charge on any atom is -0.356 e. The molecule has 2 fully saturated rings. The Kier molecular flexibility index (Phi) is 7.83. The standard InChI is InChI=1S/C17H34N4OS/c1-4-23(22)16-9-5-8-15(11-16)20-17(18-2)19-12-14-7-6-10-21(3)13-14/h14-16H,4-13H2,1-3H3,(H2,18,19,20). The van der Waals surface area contributed by atoms with Crippen molar-refractivity contribution in [2.24, 2.45) is 10.9 Å². The van der Waals surface area contributed by atoms with E-state index >= 15 is 0 Å². The normalized spacial score (nSPS) is 31.6. The van der Waals surface area contributed by atoms with E-state index in [1.165, 1.54) is 32.4 Å². The van der Waals surface area contributed by atoms with Gasteiger partial charge in [0.2, 0.25) is 0 Å². The highest BCUT2D eigenvalue weighted by Crippen LogP contribution is 2.23. The van der Waals surface area contributed by atoms with E-state index < -0.39 is 10.8 Å². The van der Waals surface area contributed by atoms with Crippen LogP contribution in [0.4, 0.5) is 0 Å². The lowest BCUT2D eigenvalue weighted by atomic mass is 9.95. The van der Waals surface area contributed by atoms with Crippen LogP contribution in [0.3, 0.4) is 0 Å². The predicted molar refractivity (Wildman–Crippen MR) is 99.4 cm³/mol. The molecule has 0 aromatic rings. The van der Waals surface area contributed by atoms with Gasteiger partial charge in [0.1, 0.15) is 0 Å². The Morgan fingerprint density at radius 1 is 1.30 bits per heavy atom. The first kappa shape index (κ1) is 18.7. The lowest BCUT2D eigenvalue weighted by molar-refractivity contribution is 0.210. The second kappa shape index (κ2) is 9.62. The molecule has 0 bridgehead atoms. The molecule has 0 aromatic heterocycles. The number of rotatable bonds is 5. The monoisotopic (exact) mass is 342 g/mol. The number of nitrogens with one attached hydrogen (secondary N) is 2. The largest absolute Gasteiger partial charge is 0.356 e. The summed E-state index contributed by atoms with van der Waals surface area (Å²) in [5, 5.41) is 7.42. The van der Waals surface area contributed by atoms with E-state index in [2.05, 4.69) is 27.6 Å². The molecule has 2 rings (SSSR count). The van der Waals surface area contributed by atoms with Crippen LogP contribution in [0.5, 0.6) is 0 Å². The molecule has 2 N–H and O–H groups in total. The average molecular weight is 343 g/mol. The van der Waals surface area contributed by atoms with E-state index in [1.54, 1.807) is 0 Å². The molecule has 0 radical (unpaired) electrons. The Hall–Kier alpha value is -0.620. The van der Waals surface area contributed by atoms with Gasteiger partial charge in [0.25, 0.3) is 0 Å². The van der Waals surface area contributed by atoms with Crippen molar-refractivity contribution in [3.63, 3.8) is 0 Å². The zero-order valence-corrected chi connectivity index (χ0v) is 15.8. The molecular weight excluding hydrogens is 308 g/mol. The quantitative estimate of drug-likeness (QED) is 0.588. The minimum absolute atomic E-state index is 0.358. The first-order valence-electron chi connectivity index (χ1n) is 9.15. The van der Waals surface area contributed by atoms with Crippen molar-refractivity contribution < 1.29 is 4.21 Å². The van der Waals surface area contributed by atoms with Crippen molar-refractivity contribution in [3.8, 4) is 0 Å². The third kappa shape index (κ3) is 6.07. The summed E-state index contributed by atoms with van der Waals surface area (Å²) in [7, 11) is 3.38. The Morgan fingerprint density at radius 3 is 2.83 bits per heavy atom. The number of hydrogen-bond donors (Lipinski definition) is 2. The topological polar surface area (TPSA) is 56.7 Å². The highest BCUT2D eigenvalue weighted by molar-refractivity contribution is 7.85. The molecule has 2 aliphatic rings. The fraction of sp³-hybridized carbons (Fsp3) is 0.941. The maximum absolute atomic E-state index is 12.1. The molecule has 0 aromatic carbocycles. The van der Waals surface area contributed by atoms with Crippen LogP contribution in [-0.4, -0.2) is 65.8 Å². The van der Waals surface area contributed by atoms with Crippen molar-refractivity contribution in [2.75, 3.05) is 39.5 Å². The van der Waals surface area contributed by atoms with Gasteiger partial charge in [0.05, 0.1) is 0 Å². The van der Waals surface area contributed by atoms with Crippen LogP contribution in [0, 0.1) is 5.92 Å². The zero-order valence-electron chi connectivity index (χ0n) is 15.0. The van der Waals surface area contributed by atoms with E-state index in [0.717, 1.165) is 37.5 Å². The molecule has 4 unspecified atom stereocenters. The van der Waals surface area contributed by atoms with Gasteiger partial charge < -0.3 is 15.5 Å². The molecule has 1 saturated heterocycles. The zero-order chi connectivity index (χ0) is 16.7. The first-order valence-corrected chi connectivity index (χ1v) is 10.5. The van der Waals surface area contributed by atoms with E-state index in [0.29, 0.717) is 17.2 Å². The van der Waals surface area contributed by atoms with E-state index in [9.17, 15) is 4.21 Å². The van der Waals surface area contributed by atoms with Crippen molar-refractivity contribution in [2.45, 2.75) is 56.7 Å². The maximum Gasteiger partial charge on any atom is 0.191 e. The lowest BCUT2D eigenvalue weighted by Gasteiger charge is -2.32. The summed E-state index contributed by atoms with van der Waals surface area (Å²) >= 11 is 0. The second-order valence-corrected chi connectivity index (χ2v) is 9.03. The molecule has 1 saturated carbocycles. The summed E-state index contributed by atoms with van der Waals surface area (Å²) in [5.41, 5.74) is 0. The van der Waals surface area contributed by atoms with Gasteiger partial charge in [0, 0.05) is 48.0 Å². The number of piperidine rings is 1. The summed E-state index contributed by atoms with van der Waals surface area (Å²) in [6.07, 6.45) is 7.03. The molecule has 4 atom stereocenters. The fourth-order valence-electron chi connectivity index (χ4n) is 3.82. The molecule has 0 amide bonds. The van der Waals surface area contributed by atoms with E-state index in [1.807, 2.05) is 14.0 Å². The van der Waals surface area contributed by atoms with Crippen molar-refractivity contribution in [1.82, 2.24) is 15.5 Å². The maximum atomic E-state index is 12.1. The summed E-state index contributed by atoms with van der Waals surface area (Å²) < 4.78 is 12.1. The number of aliphatic imine (C=N–C) groups is 1. The average Bonchev–Trinajstić information content (AvgIpc) is 2.58. The first-order chi connectivity index (χ1) is 11.1. The van der Waals surface area contributed by atoms with Gasteiger partial charge in [-0.2, -0.15) is 0 Å². The second-order valence-electron chi connectivity index (χ2n) is 7.02. The Morgan fingerprint density at radius 2 is 2.13 bits per heavy atom. The molecule has 1 heterocycles. The van der Waals surface area contributed by atoms with Gasteiger partial charge in [-0.3, -0.25) is 9.20 Å². The molecule has 1 aliphatic carbocycles. The lowest BCUT2D eigenvalue weighted by Crippen LogP contribution is -2.48. The van der Waals surface area contributed by atoms with Gasteiger partial charge in [-0.1, -0.05) is 13.3 Å². The van der Waals surface area contributed by atoms with Crippen LogP contribution in [0.15, 0.2) is 4.99 Å². The van der Waals surface area contributed by atoms with Crippen LogP contribution in [-0.2, 0) is 10.8 Å². The summed E-state index contributed by atoms with van der Waals surface area (Å²) in [6.45, 7) is 5.41. The molecule has 1 aliphatic heterocycles. The molecule has 0 spiro atoms. The van der Waals surface area contributed by atoms with Crippen LogP contribution < -0.4 is 10.6 Å². The predicted octanol–water partition coefficient (Wildman–Crippen LogP) is 1.57. The Bertz CT molecular complexity index is 415.